The number of thioether (sulfide) groups is 1. The summed E-state index contributed by atoms with van der Waals surface area (Å²) in [5.41, 5.74) is 3.20. The lowest BCUT2D eigenvalue weighted by molar-refractivity contribution is -0.127. The average molecular weight is 570 g/mol. The molecule has 0 saturated carbocycles. The van der Waals surface area contributed by atoms with Crippen molar-refractivity contribution >= 4 is 73.9 Å². The van der Waals surface area contributed by atoms with Crippen molar-refractivity contribution in [3.63, 3.8) is 0 Å². The summed E-state index contributed by atoms with van der Waals surface area (Å²) in [6, 6.07) is 26.2. The van der Waals surface area contributed by atoms with Gasteiger partial charge in [-0.1, -0.05) is 66.2 Å². The first-order chi connectivity index (χ1) is 19.4. The topological polar surface area (TPSA) is 71.4 Å². The van der Waals surface area contributed by atoms with E-state index in [1.54, 1.807) is 6.08 Å². The second-order valence-electron chi connectivity index (χ2n) is 9.36. The van der Waals surface area contributed by atoms with Crippen LogP contribution in [-0.2, 0) is 16.1 Å². The van der Waals surface area contributed by atoms with Crippen LogP contribution in [0.25, 0.3) is 27.8 Å². The number of benzene rings is 4. The summed E-state index contributed by atoms with van der Waals surface area (Å²) >= 11 is 6.56. The molecule has 0 unspecified atom stereocenters. The Morgan fingerprint density at radius 1 is 0.950 bits per heavy atom. The molecule has 1 aliphatic rings. The molecule has 0 bridgehead atoms. The maximum atomic E-state index is 13.4. The largest absolute Gasteiger partial charge is 0.342 e. The molecular weight excluding hydrogens is 549 g/mol. The van der Waals surface area contributed by atoms with Gasteiger partial charge in [-0.2, -0.15) is 0 Å². The van der Waals surface area contributed by atoms with Crippen molar-refractivity contribution in [1.82, 2.24) is 9.47 Å². The number of halogens is 2. The zero-order chi connectivity index (χ0) is 27.8. The van der Waals surface area contributed by atoms with Crippen LogP contribution in [0.15, 0.2) is 96.0 Å². The minimum Gasteiger partial charge on any atom is -0.342 e. The van der Waals surface area contributed by atoms with Gasteiger partial charge in [0.05, 0.1) is 9.93 Å². The minimum atomic E-state index is -0.616. The molecule has 198 valence electrons. The summed E-state index contributed by atoms with van der Waals surface area (Å²) in [5.74, 6) is -1.76. The van der Waals surface area contributed by atoms with E-state index in [0.29, 0.717) is 6.54 Å². The summed E-state index contributed by atoms with van der Waals surface area (Å²) < 4.78 is 15.5. The Balaban J connectivity index is 1.23. The van der Waals surface area contributed by atoms with Gasteiger partial charge >= 0.3 is 0 Å². The van der Waals surface area contributed by atoms with Crippen LogP contribution < -0.4 is 5.32 Å². The van der Waals surface area contributed by atoms with Gasteiger partial charge < -0.3 is 9.88 Å². The molecule has 6 rings (SSSR count). The fourth-order valence-corrected chi connectivity index (χ4v) is 5.76. The zero-order valence-electron chi connectivity index (χ0n) is 20.9. The Bertz CT molecular complexity index is 1870. The Kier molecular flexibility index (Phi) is 6.88. The molecule has 3 amide bonds. The van der Waals surface area contributed by atoms with Crippen molar-refractivity contribution < 1.29 is 18.8 Å². The van der Waals surface area contributed by atoms with Gasteiger partial charge in [0.25, 0.3) is 11.1 Å². The molecule has 1 aromatic heterocycles. The highest BCUT2D eigenvalue weighted by Gasteiger charge is 2.36. The van der Waals surface area contributed by atoms with Gasteiger partial charge in [-0.3, -0.25) is 19.3 Å². The Morgan fingerprint density at radius 3 is 2.55 bits per heavy atom. The summed E-state index contributed by atoms with van der Waals surface area (Å²) in [7, 11) is 0. The van der Waals surface area contributed by atoms with Crippen molar-refractivity contribution in [2.45, 2.75) is 6.54 Å². The van der Waals surface area contributed by atoms with Crippen molar-refractivity contribution in [3.8, 4) is 0 Å². The van der Waals surface area contributed by atoms with Gasteiger partial charge in [0.15, 0.2) is 0 Å². The first-order valence-corrected chi connectivity index (χ1v) is 13.6. The van der Waals surface area contributed by atoms with E-state index >= 15 is 0 Å². The first-order valence-electron chi connectivity index (χ1n) is 12.4. The molecule has 5 aromatic rings. The van der Waals surface area contributed by atoms with Crippen LogP contribution in [0.2, 0.25) is 5.02 Å². The third-order valence-electron chi connectivity index (χ3n) is 6.65. The van der Waals surface area contributed by atoms with Crippen LogP contribution in [-0.4, -0.2) is 33.1 Å². The Morgan fingerprint density at radius 2 is 1.73 bits per heavy atom. The molecule has 4 aromatic carbocycles. The van der Waals surface area contributed by atoms with E-state index in [1.165, 1.54) is 17.5 Å². The number of nitrogens with one attached hydrogen (secondary N) is 1. The van der Waals surface area contributed by atoms with E-state index in [0.717, 1.165) is 50.1 Å². The van der Waals surface area contributed by atoms with Crippen molar-refractivity contribution in [2.75, 3.05) is 11.9 Å². The van der Waals surface area contributed by atoms with Gasteiger partial charge in [-0.15, -0.1) is 0 Å². The molecule has 2 heterocycles. The number of hydrogen-bond acceptors (Lipinski definition) is 4. The average Bonchev–Trinajstić information content (AvgIpc) is 3.42. The number of fused-ring (bicyclic) bond motifs is 2. The summed E-state index contributed by atoms with van der Waals surface area (Å²) in [5, 5.41) is 5.14. The van der Waals surface area contributed by atoms with Gasteiger partial charge in [0, 0.05) is 34.9 Å². The molecule has 1 fully saturated rings. The molecule has 0 atom stereocenters. The number of imide groups is 1. The number of aromatic nitrogens is 1. The van der Waals surface area contributed by atoms with Crippen LogP contribution >= 0.6 is 23.4 Å². The molecule has 1 N–H and O–H groups in total. The van der Waals surface area contributed by atoms with E-state index in [9.17, 15) is 18.8 Å². The van der Waals surface area contributed by atoms with Gasteiger partial charge in [-0.05, 0) is 64.5 Å². The van der Waals surface area contributed by atoms with Crippen LogP contribution in [0.5, 0.6) is 0 Å². The van der Waals surface area contributed by atoms with Crippen LogP contribution in [0.1, 0.15) is 11.1 Å². The number of anilines is 1. The van der Waals surface area contributed by atoms with Gasteiger partial charge in [0.1, 0.15) is 12.4 Å². The maximum Gasteiger partial charge on any atom is 0.294 e. The molecule has 40 heavy (non-hydrogen) atoms. The predicted molar refractivity (Wildman–Crippen MR) is 158 cm³/mol. The second kappa shape index (κ2) is 10.6. The van der Waals surface area contributed by atoms with Gasteiger partial charge in [-0.25, -0.2) is 4.39 Å². The van der Waals surface area contributed by atoms with E-state index in [1.807, 2.05) is 42.6 Å². The smallest absolute Gasteiger partial charge is 0.294 e. The molecule has 9 heteroatoms. The fourth-order valence-electron chi connectivity index (χ4n) is 4.75. The SMILES string of the molecule is O=C(CN1C(=O)S/C(=C\c2cn(Cc3ccc4ccccc4c3)c3ccccc23)C1=O)Nc1ccc(F)c(Cl)c1. The zero-order valence-corrected chi connectivity index (χ0v) is 22.5. The summed E-state index contributed by atoms with van der Waals surface area (Å²) in [6.07, 6.45) is 3.67. The molecule has 1 aliphatic heterocycles. The molecule has 0 spiro atoms. The quantitative estimate of drug-likeness (QED) is 0.218. The van der Waals surface area contributed by atoms with Crippen LogP contribution in [0, 0.1) is 5.82 Å². The third kappa shape index (κ3) is 5.11. The monoisotopic (exact) mass is 569 g/mol. The standard InChI is InChI=1S/C31H21ClFN3O3S/c32-25-15-23(11-12-26(25)33)34-29(37)18-36-30(38)28(40-31(36)39)14-22-17-35(27-8-4-3-7-24(22)27)16-19-9-10-20-5-1-2-6-21(20)13-19/h1-15,17H,16,18H2,(H,34,37)/b28-14-. The number of hydrogen-bond donors (Lipinski definition) is 1. The third-order valence-corrected chi connectivity index (χ3v) is 7.85. The lowest BCUT2D eigenvalue weighted by Gasteiger charge is -2.12. The predicted octanol–water partition coefficient (Wildman–Crippen LogP) is 7.31. The number of nitrogens with zero attached hydrogens (tertiary/aromatic N) is 2. The molecule has 0 aliphatic carbocycles. The normalized spacial score (nSPS) is 14.6. The van der Waals surface area contributed by atoms with E-state index < -0.39 is 29.4 Å². The Labute approximate surface area is 238 Å². The maximum absolute atomic E-state index is 13.4. The van der Waals surface area contributed by atoms with E-state index in [4.69, 9.17) is 11.6 Å². The van der Waals surface area contributed by atoms with Crippen LogP contribution in [0.3, 0.4) is 0 Å². The summed E-state index contributed by atoms with van der Waals surface area (Å²) in [6.45, 7) is 0.162. The van der Waals surface area contributed by atoms with E-state index in [2.05, 4.69) is 40.2 Å². The number of carbonyl (C=O) groups excluding carboxylic acids is 3. The highest BCUT2D eigenvalue weighted by Crippen LogP contribution is 2.34. The van der Waals surface area contributed by atoms with Crippen molar-refractivity contribution in [3.05, 3.63) is 118 Å². The van der Waals surface area contributed by atoms with Crippen LogP contribution in [0.4, 0.5) is 14.9 Å². The molecular formula is C31H21ClFN3O3S. The lowest BCUT2D eigenvalue weighted by atomic mass is 10.1. The highest BCUT2D eigenvalue weighted by molar-refractivity contribution is 8.18. The fraction of sp³-hybridized carbons (Fsp3) is 0.0645. The minimum absolute atomic E-state index is 0.147. The molecule has 0 radical (unpaired) electrons. The number of rotatable bonds is 6. The number of carbonyl (C=O) groups is 3. The highest BCUT2D eigenvalue weighted by atomic mass is 35.5. The van der Waals surface area contributed by atoms with Crippen molar-refractivity contribution in [2.24, 2.45) is 0 Å². The number of amides is 3. The molecule has 6 nitrogen and oxygen atoms in total. The summed E-state index contributed by atoms with van der Waals surface area (Å²) in [4.78, 5) is 39.4. The van der Waals surface area contributed by atoms with Gasteiger partial charge in [0.2, 0.25) is 5.91 Å². The lowest BCUT2D eigenvalue weighted by Crippen LogP contribution is -2.36. The Hall–Kier alpha value is -4.40. The van der Waals surface area contributed by atoms with E-state index in [-0.39, 0.29) is 15.6 Å². The first kappa shape index (κ1) is 25.9. The second-order valence-corrected chi connectivity index (χ2v) is 10.8. The number of para-hydroxylation sites is 1. The van der Waals surface area contributed by atoms with Crippen molar-refractivity contribution in [1.29, 1.82) is 0 Å². The molecule has 1 saturated heterocycles.